The second kappa shape index (κ2) is 11.3. The van der Waals surface area contributed by atoms with Crippen LogP contribution in [0.2, 0.25) is 0 Å². The topological polar surface area (TPSA) is 68.7 Å². The Morgan fingerprint density at radius 2 is 1.44 bits per heavy atom. The van der Waals surface area contributed by atoms with Crippen molar-refractivity contribution in [3.8, 4) is 0 Å². The van der Waals surface area contributed by atoms with Crippen molar-refractivity contribution in [2.75, 3.05) is 48.5 Å². The number of aliphatic hydroxyl groups excluding tert-OH is 1. The van der Waals surface area contributed by atoms with E-state index in [1.807, 2.05) is 13.8 Å². The summed E-state index contributed by atoms with van der Waals surface area (Å²) in [5.41, 5.74) is 0. The van der Waals surface area contributed by atoms with Crippen molar-refractivity contribution in [1.82, 2.24) is 0 Å². The lowest BCUT2D eigenvalue weighted by Gasteiger charge is -2.14. The third-order valence-corrected chi connectivity index (χ3v) is 1.27. The number of quaternary nitrogens is 1. The van der Waals surface area contributed by atoms with E-state index in [0.29, 0.717) is 6.61 Å². The molecule has 0 aliphatic rings. The fourth-order valence-electron chi connectivity index (χ4n) is 0.421. The van der Waals surface area contributed by atoms with Gasteiger partial charge in [-0.15, -0.1) is 0 Å². The normalized spacial score (nSPS) is 14.2. The highest BCUT2D eigenvalue weighted by Gasteiger charge is 2.03. The van der Waals surface area contributed by atoms with Crippen LogP contribution in [0.15, 0.2) is 0 Å². The monoisotopic (exact) mass is 239 g/mol. The van der Waals surface area contributed by atoms with Crippen molar-refractivity contribution < 1.29 is 24.5 Å². The molecule has 0 spiro atoms. The lowest BCUT2D eigenvalue weighted by Crippen LogP contribution is -2.27. The quantitative estimate of drug-likeness (QED) is 0.712. The van der Waals surface area contributed by atoms with Crippen molar-refractivity contribution in [3.05, 3.63) is 0 Å². The summed E-state index contributed by atoms with van der Waals surface area (Å²) in [6, 6.07) is 0. The lowest BCUT2D eigenvalue weighted by atomic mass is 10.4. The van der Waals surface area contributed by atoms with Crippen LogP contribution >= 0.6 is 0 Å². The minimum atomic E-state index is -0.0856. The van der Waals surface area contributed by atoms with Crippen molar-refractivity contribution in [2.45, 2.75) is 26.1 Å². The van der Waals surface area contributed by atoms with Gasteiger partial charge in [0.2, 0.25) is 0 Å². The highest BCUT2D eigenvalue weighted by atomic mass is 16.5. The predicted octanol–water partition coefficient (Wildman–Crippen LogP) is 0.564. The fraction of sp³-hybridized carbons (Fsp3) is 1.00. The average molecular weight is 239 g/mol. The van der Waals surface area contributed by atoms with Crippen LogP contribution in [-0.4, -0.2) is 75.8 Å². The maximum absolute atomic E-state index is 8.55. The number of hydrogen-bond donors (Lipinski definition) is 1. The highest BCUT2D eigenvalue weighted by molar-refractivity contribution is 4.49. The average Bonchev–Trinajstić information content (AvgIpc) is 2.10. The van der Waals surface area contributed by atoms with E-state index in [2.05, 4.69) is 28.2 Å². The van der Waals surface area contributed by atoms with E-state index in [1.54, 1.807) is 7.11 Å². The first-order valence-corrected chi connectivity index (χ1v) is 5.24. The Hall–Kier alpha value is -0.200. The molecule has 5 nitrogen and oxygen atoms in total. The molecule has 0 aromatic rings. The predicted molar refractivity (Wildman–Crippen MR) is 64.9 cm³/mol. The zero-order valence-corrected chi connectivity index (χ0v) is 11.7. The van der Waals surface area contributed by atoms with E-state index in [0.717, 1.165) is 4.48 Å². The van der Waals surface area contributed by atoms with Gasteiger partial charge in [0.25, 0.3) is 0 Å². The summed E-state index contributed by atoms with van der Waals surface area (Å²) in [7, 11) is 10.1. The van der Waals surface area contributed by atoms with E-state index >= 15 is 0 Å². The summed E-state index contributed by atoms with van der Waals surface area (Å²) < 4.78 is 11.1. The minimum absolute atomic E-state index is 0. The molecular formula is C11H29NO4. The first kappa shape index (κ1) is 21.1. The van der Waals surface area contributed by atoms with Crippen molar-refractivity contribution in [3.63, 3.8) is 0 Å². The van der Waals surface area contributed by atoms with Gasteiger partial charge in [0, 0.05) is 7.11 Å². The molecule has 0 amide bonds. The standard InChI is InChI=1S/C7H16O3.C4H12N.H2O/c1-6(4-8)10-5-7(2)9-3;1-5(2,3)4;/h6-8H,4-5H2,1-3H3;1-4H3;1H2/q;+1;/p-1. The summed E-state index contributed by atoms with van der Waals surface area (Å²) in [5.74, 6) is 0. The van der Waals surface area contributed by atoms with Gasteiger partial charge in [-0.25, -0.2) is 0 Å². The van der Waals surface area contributed by atoms with Crippen LogP contribution in [0.5, 0.6) is 0 Å². The Kier molecular flexibility index (Phi) is 14.9. The molecule has 2 N–H and O–H groups in total. The number of nitrogens with zero attached hydrogens (tertiary/aromatic N) is 1. The van der Waals surface area contributed by atoms with E-state index in [9.17, 15) is 0 Å². The highest BCUT2D eigenvalue weighted by Crippen LogP contribution is 1.93. The minimum Gasteiger partial charge on any atom is -0.870 e. The molecule has 5 heteroatoms. The molecule has 0 aliphatic carbocycles. The van der Waals surface area contributed by atoms with Gasteiger partial charge in [0.15, 0.2) is 0 Å². The molecule has 0 aromatic carbocycles. The van der Waals surface area contributed by atoms with Crippen LogP contribution in [0.25, 0.3) is 0 Å². The zero-order chi connectivity index (χ0) is 12.5. The largest absolute Gasteiger partial charge is 0.870 e. The first-order valence-electron chi connectivity index (χ1n) is 5.24. The van der Waals surface area contributed by atoms with Crippen LogP contribution in [0.3, 0.4) is 0 Å². The molecule has 2 atom stereocenters. The van der Waals surface area contributed by atoms with Gasteiger partial charge >= 0.3 is 0 Å². The molecule has 0 fully saturated rings. The Balaban J connectivity index is -0.000000242. The van der Waals surface area contributed by atoms with Gasteiger partial charge in [0.1, 0.15) is 0 Å². The van der Waals surface area contributed by atoms with Crippen LogP contribution in [-0.2, 0) is 9.47 Å². The van der Waals surface area contributed by atoms with Crippen LogP contribution < -0.4 is 0 Å². The summed E-state index contributed by atoms with van der Waals surface area (Å²) in [6.07, 6.45) is 0.0200. The van der Waals surface area contributed by atoms with Gasteiger partial charge in [-0.3, -0.25) is 0 Å². The third kappa shape index (κ3) is 29.2. The van der Waals surface area contributed by atoms with Crippen molar-refractivity contribution >= 4 is 0 Å². The molecule has 0 rings (SSSR count). The Bertz CT molecular complexity index is 120. The molecule has 2 unspecified atom stereocenters. The maximum Gasteiger partial charge on any atom is 0.0779 e. The van der Waals surface area contributed by atoms with Gasteiger partial charge in [-0.2, -0.15) is 0 Å². The molecule has 0 aliphatic heterocycles. The van der Waals surface area contributed by atoms with Gasteiger partial charge in [-0.1, -0.05) is 0 Å². The number of hydrogen-bond acceptors (Lipinski definition) is 4. The number of rotatable bonds is 5. The fourth-order valence-corrected chi connectivity index (χ4v) is 0.421. The Morgan fingerprint density at radius 3 is 1.69 bits per heavy atom. The number of methoxy groups -OCH3 is 1. The number of ether oxygens (including phenoxy) is 2. The molecule has 0 aromatic heterocycles. The molecule has 102 valence electrons. The number of aliphatic hydroxyl groups is 1. The second-order valence-electron chi connectivity index (χ2n) is 5.06. The molecule has 0 heterocycles. The Labute approximate surface area is 99.9 Å². The van der Waals surface area contributed by atoms with E-state index in [-0.39, 0.29) is 24.3 Å². The summed E-state index contributed by atoms with van der Waals surface area (Å²) >= 11 is 0. The van der Waals surface area contributed by atoms with Crippen LogP contribution in [0, 0.1) is 0 Å². The SMILES string of the molecule is COC(C)COC(C)CO.C[N+](C)(C)C.[OH-]. The molecule has 0 radical (unpaired) electrons. The molecule has 0 bridgehead atoms. The summed E-state index contributed by atoms with van der Waals surface area (Å²) in [4.78, 5) is 0. The maximum atomic E-state index is 8.55. The Morgan fingerprint density at radius 1 is 1.06 bits per heavy atom. The molecule has 0 saturated carbocycles. The summed E-state index contributed by atoms with van der Waals surface area (Å²) in [6.45, 7) is 4.35. The molecule has 0 saturated heterocycles. The van der Waals surface area contributed by atoms with Gasteiger partial charge in [0.05, 0.1) is 53.6 Å². The van der Waals surface area contributed by atoms with Gasteiger partial charge < -0.3 is 24.5 Å². The van der Waals surface area contributed by atoms with Crippen molar-refractivity contribution in [1.29, 1.82) is 0 Å². The first-order chi connectivity index (χ1) is 6.70. The van der Waals surface area contributed by atoms with Crippen molar-refractivity contribution in [2.24, 2.45) is 0 Å². The van der Waals surface area contributed by atoms with E-state index in [4.69, 9.17) is 14.6 Å². The zero-order valence-electron chi connectivity index (χ0n) is 11.7. The molecular weight excluding hydrogens is 210 g/mol. The van der Waals surface area contributed by atoms with E-state index in [1.165, 1.54) is 0 Å². The lowest BCUT2D eigenvalue weighted by molar-refractivity contribution is -0.849. The van der Waals surface area contributed by atoms with Crippen LogP contribution in [0.4, 0.5) is 0 Å². The van der Waals surface area contributed by atoms with Crippen LogP contribution in [0.1, 0.15) is 13.8 Å². The summed E-state index contributed by atoms with van der Waals surface area (Å²) in [5, 5.41) is 8.55. The smallest absolute Gasteiger partial charge is 0.0779 e. The third-order valence-electron chi connectivity index (χ3n) is 1.27. The molecule has 16 heavy (non-hydrogen) atoms. The second-order valence-corrected chi connectivity index (χ2v) is 5.06. The van der Waals surface area contributed by atoms with E-state index < -0.39 is 0 Å². The van der Waals surface area contributed by atoms with Gasteiger partial charge in [-0.05, 0) is 13.8 Å².